The van der Waals surface area contributed by atoms with Crippen LogP contribution in [0, 0.1) is 0 Å². The molecule has 0 amide bonds. The van der Waals surface area contributed by atoms with Gasteiger partial charge in [0.25, 0.3) is 5.56 Å². The highest BCUT2D eigenvalue weighted by Crippen LogP contribution is 2.33. The fourth-order valence-electron chi connectivity index (χ4n) is 3.13. The summed E-state index contributed by atoms with van der Waals surface area (Å²) in [6, 6.07) is 7.77. The Balaban J connectivity index is 1.78. The number of benzene rings is 1. The van der Waals surface area contributed by atoms with Crippen molar-refractivity contribution in [3.05, 3.63) is 44.6 Å². The van der Waals surface area contributed by atoms with E-state index in [0.717, 1.165) is 42.1 Å². The molecule has 0 radical (unpaired) electrons. The molecule has 0 N–H and O–H groups in total. The first-order valence-electron chi connectivity index (χ1n) is 7.85. The van der Waals surface area contributed by atoms with Crippen LogP contribution in [-0.2, 0) is 5.75 Å². The first-order chi connectivity index (χ1) is 11.7. The van der Waals surface area contributed by atoms with Crippen LogP contribution in [0.4, 0.5) is 0 Å². The van der Waals surface area contributed by atoms with Crippen LogP contribution in [0.15, 0.2) is 34.2 Å². The second-order valence-corrected chi connectivity index (χ2v) is 8.11. The van der Waals surface area contributed by atoms with Crippen LogP contribution in [0.3, 0.4) is 0 Å². The van der Waals surface area contributed by atoms with Crippen molar-refractivity contribution in [3.8, 4) is 0 Å². The Morgan fingerprint density at radius 2 is 2.08 bits per heavy atom. The summed E-state index contributed by atoms with van der Waals surface area (Å²) in [6.45, 7) is 0. The van der Waals surface area contributed by atoms with Crippen molar-refractivity contribution in [1.29, 1.82) is 0 Å². The second kappa shape index (κ2) is 6.82. The molecule has 1 fully saturated rings. The molecular weight excluding hydrogens is 364 g/mol. The van der Waals surface area contributed by atoms with Gasteiger partial charge in [0.2, 0.25) is 0 Å². The lowest BCUT2D eigenvalue weighted by atomic mass is 10.2. The summed E-state index contributed by atoms with van der Waals surface area (Å²) in [5, 5.41) is 5.47. The van der Waals surface area contributed by atoms with Crippen LogP contribution in [-0.4, -0.2) is 19.1 Å². The van der Waals surface area contributed by atoms with Gasteiger partial charge in [0.15, 0.2) is 5.16 Å². The van der Waals surface area contributed by atoms with Crippen LogP contribution in [0.2, 0.25) is 4.34 Å². The number of halogens is 1. The number of fused-ring (bicyclic) bond motifs is 1. The summed E-state index contributed by atoms with van der Waals surface area (Å²) in [7, 11) is 0. The van der Waals surface area contributed by atoms with Gasteiger partial charge in [0.1, 0.15) is 10.0 Å². The van der Waals surface area contributed by atoms with Crippen molar-refractivity contribution in [2.75, 3.05) is 0 Å². The molecule has 5 nitrogen and oxygen atoms in total. The molecule has 1 aromatic carbocycles. The lowest BCUT2D eigenvalue weighted by molar-refractivity contribution is 0.457. The number of aromatic nitrogens is 4. The van der Waals surface area contributed by atoms with Crippen molar-refractivity contribution in [1.82, 2.24) is 19.1 Å². The maximum absolute atomic E-state index is 13.0. The molecule has 0 aliphatic heterocycles. The second-order valence-electron chi connectivity index (χ2n) is 5.81. The number of nitrogens with zero attached hydrogens (tertiary/aromatic N) is 4. The fraction of sp³-hybridized carbons (Fsp3) is 0.375. The Bertz CT molecular complexity index is 933. The summed E-state index contributed by atoms with van der Waals surface area (Å²) >= 11 is 8.77. The summed E-state index contributed by atoms with van der Waals surface area (Å²) in [6.07, 6.45) is 4.39. The number of para-hydroxylation sites is 1. The largest absolute Gasteiger partial charge is 0.284 e. The molecule has 1 saturated carbocycles. The zero-order valence-electron chi connectivity index (χ0n) is 12.8. The Morgan fingerprint density at radius 3 is 2.83 bits per heavy atom. The zero-order chi connectivity index (χ0) is 16.5. The summed E-state index contributed by atoms with van der Waals surface area (Å²) in [4.78, 5) is 17.8. The van der Waals surface area contributed by atoms with Gasteiger partial charge in [0.05, 0.1) is 10.9 Å². The van der Waals surface area contributed by atoms with Gasteiger partial charge in [0, 0.05) is 23.3 Å². The van der Waals surface area contributed by atoms with Crippen LogP contribution >= 0.6 is 34.9 Å². The minimum Gasteiger partial charge on any atom is -0.284 e. The maximum Gasteiger partial charge on any atom is 0.262 e. The topological polar surface area (TPSA) is 60.7 Å². The minimum absolute atomic E-state index is 0.0532. The van der Waals surface area contributed by atoms with Crippen molar-refractivity contribution < 1.29 is 0 Å². The number of rotatable bonds is 4. The van der Waals surface area contributed by atoms with Crippen LogP contribution in [0.25, 0.3) is 10.9 Å². The lowest BCUT2D eigenvalue weighted by Gasteiger charge is -2.18. The smallest absolute Gasteiger partial charge is 0.262 e. The Hall–Kier alpha value is -1.44. The molecule has 8 heteroatoms. The highest BCUT2D eigenvalue weighted by Gasteiger charge is 2.23. The molecule has 0 saturated heterocycles. The van der Waals surface area contributed by atoms with E-state index in [1.807, 2.05) is 28.8 Å². The van der Waals surface area contributed by atoms with E-state index < -0.39 is 0 Å². The average Bonchev–Trinajstić information content (AvgIpc) is 3.25. The van der Waals surface area contributed by atoms with Gasteiger partial charge in [-0.1, -0.05) is 52.8 Å². The van der Waals surface area contributed by atoms with E-state index in [4.69, 9.17) is 16.6 Å². The molecule has 0 atom stereocenters. The molecule has 1 aliphatic rings. The van der Waals surface area contributed by atoms with E-state index in [1.54, 1.807) is 0 Å². The SMILES string of the molecule is O=c1c2ccccc2nc(SCc2nnsc2Cl)n1C1CCCC1. The highest BCUT2D eigenvalue weighted by atomic mass is 35.5. The van der Waals surface area contributed by atoms with Crippen LogP contribution in [0.5, 0.6) is 0 Å². The van der Waals surface area contributed by atoms with Crippen molar-refractivity contribution in [3.63, 3.8) is 0 Å². The Kier molecular flexibility index (Phi) is 4.56. The number of hydrogen-bond donors (Lipinski definition) is 0. The zero-order valence-corrected chi connectivity index (χ0v) is 15.2. The van der Waals surface area contributed by atoms with E-state index in [1.165, 1.54) is 23.3 Å². The van der Waals surface area contributed by atoms with Crippen molar-refractivity contribution in [2.45, 2.75) is 42.6 Å². The van der Waals surface area contributed by atoms with Crippen molar-refractivity contribution >= 4 is 45.8 Å². The standard InChI is InChI=1S/C16H15ClN4OS2/c17-14-13(19-20-24-14)9-23-16-18-12-8-4-3-7-11(12)15(22)21(16)10-5-1-2-6-10/h3-4,7-8,10H,1-2,5-6,9H2. The third-order valence-corrected chi connectivity index (χ3v) is 6.26. The molecular formula is C16H15ClN4OS2. The molecule has 0 unspecified atom stereocenters. The van der Waals surface area contributed by atoms with Gasteiger partial charge >= 0.3 is 0 Å². The molecule has 3 aromatic rings. The summed E-state index contributed by atoms with van der Waals surface area (Å²) < 4.78 is 6.34. The van der Waals surface area contributed by atoms with Gasteiger partial charge < -0.3 is 0 Å². The molecule has 0 spiro atoms. The van der Waals surface area contributed by atoms with E-state index in [9.17, 15) is 4.79 Å². The Morgan fingerprint density at radius 1 is 1.29 bits per heavy atom. The quantitative estimate of drug-likeness (QED) is 0.500. The summed E-state index contributed by atoms with van der Waals surface area (Å²) in [5.41, 5.74) is 1.53. The van der Waals surface area contributed by atoms with Gasteiger partial charge in [-0.3, -0.25) is 9.36 Å². The fourth-order valence-corrected chi connectivity index (χ4v) is 4.93. The first kappa shape index (κ1) is 16.1. The van der Waals surface area contributed by atoms with E-state index >= 15 is 0 Å². The first-order valence-corrected chi connectivity index (χ1v) is 9.98. The molecule has 124 valence electrons. The van der Waals surface area contributed by atoms with Crippen molar-refractivity contribution in [2.24, 2.45) is 0 Å². The molecule has 2 heterocycles. The maximum atomic E-state index is 13.0. The van der Waals surface area contributed by atoms with Crippen LogP contribution < -0.4 is 5.56 Å². The summed E-state index contributed by atoms with van der Waals surface area (Å²) in [5.74, 6) is 0.562. The predicted molar refractivity (Wildman–Crippen MR) is 98.0 cm³/mol. The van der Waals surface area contributed by atoms with E-state index in [-0.39, 0.29) is 11.6 Å². The minimum atomic E-state index is 0.0532. The molecule has 24 heavy (non-hydrogen) atoms. The third kappa shape index (κ3) is 2.96. The third-order valence-electron chi connectivity index (χ3n) is 4.31. The molecule has 4 rings (SSSR count). The monoisotopic (exact) mass is 378 g/mol. The van der Waals surface area contributed by atoms with Crippen LogP contribution in [0.1, 0.15) is 37.4 Å². The van der Waals surface area contributed by atoms with E-state index in [0.29, 0.717) is 15.5 Å². The number of thioether (sulfide) groups is 1. The molecule has 2 aromatic heterocycles. The molecule has 1 aliphatic carbocycles. The Labute approximate surface area is 152 Å². The van der Waals surface area contributed by atoms with Gasteiger partial charge in [-0.25, -0.2) is 4.98 Å². The van der Waals surface area contributed by atoms with Gasteiger partial charge in [-0.05, 0) is 25.0 Å². The lowest BCUT2D eigenvalue weighted by Crippen LogP contribution is -2.26. The predicted octanol–water partition coefficient (Wildman–Crippen LogP) is 4.31. The normalized spacial score (nSPS) is 15.4. The number of hydrogen-bond acceptors (Lipinski definition) is 6. The van der Waals surface area contributed by atoms with Gasteiger partial charge in [-0.2, -0.15) is 0 Å². The molecule has 0 bridgehead atoms. The van der Waals surface area contributed by atoms with E-state index in [2.05, 4.69) is 9.59 Å². The highest BCUT2D eigenvalue weighted by molar-refractivity contribution is 7.98. The average molecular weight is 379 g/mol. The van der Waals surface area contributed by atoms with Gasteiger partial charge in [-0.15, -0.1) is 5.10 Å².